The molecule has 0 saturated carbocycles. The first-order chi connectivity index (χ1) is 18.8. The minimum Gasteiger partial charge on any atom is -0.492 e. The van der Waals surface area contributed by atoms with E-state index < -0.39 is 0 Å². The van der Waals surface area contributed by atoms with Crippen molar-refractivity contribution < 1.29 is 9.53 Å². The van der Waals surface area contributed by atoms with Crippen molar-refractivity contribution in [1.29, 1.82) is 0 Å². The third kappa shape index (κ3) is 9.60. The van der Waals surface area contributed by atoms with Gasteiger partial charge in [-0.25, -0.2) is 4.99 Å². The summed E-state index contributed by atoms with van der Waals surface area (Å²) in [6.45, 7) is 6.11. The lowest BCUT2D eigenvalue weighted by Crippen LogP contribution is -2.23. The van der Waals surface area contributed by atoms with E-state index in [-0.39, 0.29) is 5.78 Å². The molecule has 0 N–H and O–H groups in total. The van der Waals surface area contributed by atoms with Gasteiger partial charge in [0.25, 0.3) is 0 Å². The lowest BCUT2D eigenvalue weighted by molar-refractivity contribution is 0.100. The molecule has 0 aliphatic heterocycles. The fourth-order valence-corrected chi connectivity index (χ4v) is 5.13. The number of aliphatic imine (C=N–C) groups is 1. The molecule has 0 heterocycles. The highest BCUT2D eigenvalue weighted by atomic mass is 16.5. The summed E-state index contributed by atoms with van der Waals surface area (Å²) in [5.74, 6) is 0.821. The molecule has 0 atom stereocenters. The lowest BCUT2D eigenvalue weighted by Gasteiger charge is -2.24. The van der Waals surface area contributed by atoms with Crippen molar-refractivity contribution in [3.05, 3.63) is 53.6 Å². The topological polar surface area (TPSA) is 41.9 Å². The largest absolute Gasteiger partial charge is 0.492 e. The van der Waals surface area contributed by atoms with E-state index in [9.17, 15) is 4.79 Å². The smallest absolute Gasteiger partial charge is 0.202 e. The first kappa shape index (κ1) is 29.9. The number of unbranched alkanes of at least 4 members (excludes halogenated alkanes) is 14. The van der Waals surface area contributed by atoms with Crippen molar-refractivity contribution in [2.75, 3.05) is 18.1 Å². The summed E-state index contributed by atoms with van der Waals surface area (Å²) in [6.07, 6.45) is 22.4. The number of carbonyl (C=O) groups excluding carboxylic acids is 1. The van der Waals surface area contributed by atoms with E-state index in [4.69, 9.17) is 9.73 Å². The van der Waals surface area contributed by atoms with E-state index in [1.165, 1.54) is 89.9 Å². The van der Waals surface area contributed by atoms with Crippen LogP contribution in [-0.2, 0) is 0 Å². The number of fused-ring (bicyclic) bond motifs is 2. The number of carbonyl (C=O) groups is 1. The zero-order chi connectivity index (χ0) is 26.8. The molecule has 38 heavy (non-hydrogen) atoms. The zero-order valence-corrected chi connectivity index (χ0v) is 24.1. The molecule has 2 aromatic carbocycles. The van der Waals surface area contributed by atoms with Crippen LogP contribution in [0.25, 0.3) is 0 Å². The summed E-state index contributed by atoms with van der Waals surface area (Å²) in [5.41, 5.74) is 3.20. The first-order valence-electron chi connectivity index (χ1n) is 15.5. The predicted molar refractivity (Wildman–Crippen MR) is 163 cm³/mol. The molecule has 4 rings (SSSR count). The predicted octanol–water partition coefficient (Wildman–Crippen LogP) is 10.1. The van der Waals surface area contributed by atoms with E-state index in [1.54, 1.807) is 0 Å². The Morgan fingerprint density at radius 3 is 1.89 bits per heavy atom. The lowest BCUT2D eigenvalue weighted by atomic mass is 9.87. The average molecular weight is 519 g/mol. The maximum Gasteiger partial charge on any atom is 0.202 e. The van der Waals surface area contributed by atoms with E-state index in [0.717, 1.165) is 30.8 Å². The van der Waals surface area contributed by atoms with Crippen LogP contribution < -0.4 is 9.64 Å². The Kier molecular flexibility index (Phi) is 14.0. The third-order valence-corrected chi connectivity index (χ3v) is 7.53. The van der Waals surface area contributed by atoms with Crippen LogP contribution in [-0.4, -0.2) is 25.3 Å². The van der Waals surface area contributed by atoms with Crippen LogP contribution in [0.3, 0.4) is 0 Å². The number of para-hydroxylation sites is 1. The van der Waals surface area contributed by atoms with E-state index in [1.807, 2.05) is 24.5 Å². The Morgan fingerprint density at radius 2 is 1.29 bits per heavy atom. The molecule has 4 nitrogen and oxygen atoms in total. The van der Waals surface area contributed by atoms with Crippen LogP contribution in [0.2, 0.25) is 0 Å². The highest BCUT2D eigenvalue weighted by Crippen LogP contribution is 2.43. The Bertz CT molecular complexity index is 970. The van der Waals surface area contributed by atoms with Crippen LogP contribution in [0.15, 0.2) is 47.5 Å². The average Bonchev–Trinajstić information content (AvgIpc) is 2.95. The molecule has 0 radical (unpaired) electrons. The highest BCUT2D eigenvalue weighted by molar-refractivity contribution is 6.24. The van der Waals surface area contributed by atoms with E-state index in [2.05, 4.69) is 43.0 Å². The Balaban J connectivity index is 1.50. The fraction of sp³-hybridized carbons (Fsp3) is 0.588. The molecule has 0 fully saturated rings. The van der Waals surface area contributed by atoms with Crippen LogP contribution in [0.4, 0.5) is 11.4 Å². The molecule has 2 aliphatic carbocycles. The summed E-state index contributed by atoms with van der Waals surface area (Å²) >= 11 is 0. The van der Waals surface area contributed by atoms with Gasteiger partial charge >= 0.3 is 0 Å². The van der Waals surface area contributed by atoms with E-state index in [0.29, 0.717) is 23.4 Å². The van der Waals surface area contributed by atoms with Gasteiger partial charge in [-0.1, -0.05) is 122 Å². The highest BCUT2D eigenvalue weighted by Gasteiger charge is 2.34. The maximum absolute atomic E-state index is 12.6. The number of nitrogens with zero attached hydrogens (tertiary/aromatic N) is 2. The van der Waals surface area contributed by atoms with Crippen molar-refractivity contribution in [3.63, 3.8) is 0 Å². The zero-order valence-electron chi connectivity index (χ0n) is 24.1. The van der Waals surface area contributed by atoms with Crippen LogP contribution in [0.5, 0.6) is 5.75 Å². The molecule has 4 heteroatoms. The van der Waals surface area contributed by atoms with Gasteiger partial charge in [0.2, 0.25) is 5.78 Å². The van der Waals surface area contributed by atoms with Crippen LogP contribution >= 0.6 is 0 Å². The number of anilines is 1. The maximum atomic E-state index is 12.6. The number of hydrogen-bond acceptors (Lipinski definition) is 3. The summed E-state index contributed by atoms with van der Waals surface area (Å²) < 4.78 is 6.07. The van der Waals surface area contributed by atoms with Gasteiger partial charge in [0.05, 0.1) is 29.8 Å². The monoisotopic (exact) mass is 518 g/mol. The number of benzene rings is 2. The molecule has 0 unspecified atom stereocenters. The van der Waals surface area contributed by atoms with Crippen molar-refractivity contribution in [2.24, 2.45) is 4.99 Å². The Morgan fingerprint density at radius 1 is 0.711 bits per heavy atom. The van der Waals surface area contributed by atoms with Gasteiger partial charge in [0, 0.05) is 12.2 Å². The van der Waals surface area contributed by atoms with Crippen LogP contribution in [0, 0.1) is 0 Å². The minimum atomic E-state index is 0.0694. The van der Waals surface area contributed by atoms with E-state index >= 15 is 0 Å². The summed E-state index contributed by atoms with van der Waals surface area (Å²) in [7, 11) is 0. The standard InChI is InChI=1S/C34H50N2O2/c1-3-5-7-9-11-13-15-20-26-36(29-22-18-17-19-23-29)28-35-31-25-24-30-33(37)32(31)34(30)38-27-21-16-14-12-10-8-6-4-2/h17-19,22-25,28H,3-16,20-21,26-27H2,1-2H3. The number of ether oxygens (including phenoxy) is 1. The second kappa shape index (κ2) is 17.8. The molecule has 0 aromatic heterocycles. The van der Waals surface area contributed by atoms with Gasteiger partial charge in [-0.05, 0) is 37.1 Å². The van der Waals surface area contributed by atoms with Crippen LogP contribution in [0.1, 0.15) is 133 Å². The third-order valence-electron chi connectivity index (χ3n) is 7.53. The van der Waals surface area contributed by atoms with Gasteiger partial charge in [-0.2, -0.15) is 0 Å². The number of ketones is 1. The molecule has 2 aliphatic rings. The summed E-state index contributed by atoms with van der Waals surface area (Å²) in [4.78, 5) is 19.6. The number of hydrogen-bond donors (Lipinski definition) is 0. The summed E-state index contributed by atoms with van der Waals surface area (Å²) in [5, 5.41) is 0. The van der Waals surface area contributed by atoms with Crippen molar-refractivity contribution in [1.82, 2.24) is 0 Å². The molecule has 208 valence electrons. The van der Waals surface area contributed by atoms with Gasteiger partial charge < -0.3 is 9.64 Å². The SMILES string of the molecule is CCCCCCCCCCOc1c2ccc(N=CN(CCCCCCCCCC)c3ccccc3)c1C2=O. The normalized spacial score (nSPS) is 12.2. The van der Waals surface area contributed by atoms with Gasteiger partial charge in [0.1, 0.15) is 5.75 Å². The second-order valence-corrected chi connectivity index (χ2v) is 10.7. The summed E-state index contributed by atoms with van der Waals surface area (Å²) in [6, 6.07) is 14.2. The van der Waals surface area contributed by atoms with Gasteiger partial charge in [0.15, 0.2) is 0 Å². The van der Waals surface area contributed by atoms with Gasteiger partial charge in [-0.3, -0.25) is 4.79 Å². The molecular formula is C34H50N2O2. The molecule has 2 bridgehead atoms. The minimum absolute atomic E-state index is 0.0694. The Hall–Kier alpha value is -2.62. The quantitative estimate of drug-likeness (QED) is 0.0754. The number of rotatable bonds is 22. The fourth-order valence-electron chi connectivity index (χ4n) is 5.13. The molecule has 0 saturated heterocycles. The van der Waals surface area contributed by atoms with Crippen molar-refractivity contribution in [3.8, 4) is 5.75 Å². The molecule has 0 spiro atoms. The second-order valence-electron chi connectivity index (χ2n) is 10.7. The van der Waals surface area contributed by atoms with Gasteiger partial charge in [-0.15, -0.1) is 0 Å². The molecular weight excluding hydrogens is 468 g/mol. The molecule has 0 amide bonds. The molecule has 2 aromatic rings. The van der Waals surface area contributed by atoms with Crippen molar-refractivity contribution in [2.45, 2.75) is 117 Å². The van der Waals surface area contributed by atoms with Crippen molar-refractivity contribution >= 4 is 23.5 Å². The first-order valence-corrected chi connectivity index (χ1v) is 15.5. The Labute approximate surface area is 231 Å².